The Bertz CT molecular complexity index is 529. The van der Waals surface area contributed by atoms with E-state index in [4.69, 9.17) is 4.74 Å². The van der Waals surface area contributed by atoms with Gasteiger partial charge < -0.3 is 15.0 Å². The van der Waals surface area contributed by atoms with E-state index in [1.807, 2.05) is 24.3 Å². The van der Waals surface area contributed by atoms with Crippen LogP contribution in [0.1, 0.15) is 13.8 Å². The zero-order valence-corrected chi connectivity index (χ0v) is 12.1. The lowest BCUT2D eigenvalue weighted by Gasteiger charge is -2.35. The van der Waals surface area contributed by atoms with Gasteiger partial charge in [-0.2, -0.15) is 0 Å². The molecule has 0 amide bonds. The number of H-pyrrole nitrogens is 1. The van der Waals surface area contributed by atoms with Crippen molar-refractivity contribution in [2.45, 2.75) is 25.9 Å². The molecule has 2 aromatic rings. The molecule has 1 fully saturated rings. The molecule has 5 nitrogen and oxygen atoms in total. The molecule has 1 aromatic heterocycles. The highest BCUT2D eigenvalue weighted by atomic mass is 16.5. The molecule has 0 bridgehead atoms. The molecular formula is C15H22N4O. The number of ether oxygens (including phenoxy) is 1. The van der Waals surface area contributed by atoms with Gasteiger partial charge in [0.15, 0.2) is 0 Å². The highest BCUT2D eigenvalue weighted by molar-refractivity contribution is 5.77. The van der Waals surface area contributed by atoms with Crippen LogP contribution in [-0.4, -0.2) is 53.3 Å². The van der Waals surface area contributed by atoms with E-state index in [2.05, 4.69) is 34.0 Å². The molecule has 20 heavy (non-hydrogen) atoms. The maximum Gasteiger partial charge on any atom is 0.201 e. The number of fused-ring (bicyclic) bond motifs is 1. The molecule has 1 saturated heterocycles. The van der Waals surface area contributed by atoms with Gasteiger partial charge in [0.2, 0.25) is 5.95 Å². The molecule has 1 aliphatic rings. The summed E-state index contributed by atoms with van der Waals surface area (Å²) in [5, 5.41) is 3.48. The van der Waals surface area contributed by atoms with Crippen LogP contribution < -0.4 is 5.32 Å². The van der Waals surface area contributed by atoms with Gasteiger partial charge in [0.1, 0.15) is 0 Å². The third-order valence-electron chi connectivity index (χ3n) is 4.10. The zero-order valence-electron chi connectivity index (χ0n) is 12.1. The van der Waals surface area contributed by atoms with E-state index in [1.165, 1.54) is 0 Å². The highest BCUT2D eigenvalue weighted by Crippen LogP contribution is 2.16. The second-order valence-corrected chi connectivity index (χ2v) is 5.42. The molecule has 2 N–H and O–H groups in total. The number of anilines is 1. The lowest BCUT2D eigenvalue weighted by atomic mass is 10.1. The van der Waals surface area contributed by atoms with E-state index in [0.29, 0.717) is 12.1 Å². The van der Waals surface area contributed by atoms with E-state index in [0.717, 1.165) is 43.3 Å². The number of benzene rings is 1. The fourth-order valence-corrected chi connectivity index (χ4v) is 2.66. The van der Waals surface area contributed by atoms with Crippen LogP contribution in [0.2, 0.25) is 0 Å². The van der Waals surface area contributed by atoms with Crippen molar-refractivity contribution in [1.29, 1.82) is 0 Å². The Hall–Kier alpha value is -1.59. The third-order valence-corrected chi connectivity index (χ3v) is 4.10. The number of aromatic nitrogens is 2. The van der Waals surface area contributed by atoms with Crippen LogP contribution in [-0.2, 0) is 4.74 Å². The Kier molecular flexibility index (Phi) is 3.89. The first-order valence-electron chi connectivity index (χ1n) is 7.27. The minimum Gasteiger partial charge on any atom is -0.379 e. The Labute approximate surface area is 119 Å². The zero-order chi connectivity index (χ0) is 13.9. The molecule has 5 heteroatoms. The van der Waals surface area contributed by atoms with Gasteiger partial charge >= 0.3 is 0 Å². The minimum absolute atomic E-state index is 0.327. The molecule has 0 spiro atoms. The van der Waals surface area contributed by atoms with Crippen molar-refractivity contribution < 1.29 is 4.74 Å². The van der Waals surface area contributed by atoms with E-state index < -0.39 is 0 Å². The summed E-state index contributed by atoms with van der Waals surface area (Å²) in [5.74, 6) is 0.846. The summed E-state index contributed by atoms with van der Waals surface area (Å²) in [7, 11) is 0. The number of para-hydroxylation sites is 2. The second-order valence-electron chi connectivity index (χ2n) is 5.42. The summed E-state index contributed by atoms with van der Waals surface area (Å²) in [6.45, 7) is 8.14. The second kappa shape index (κ2) is 5.81. The summed E-state index contributed by atoms with van der Waals surface area (Å²) >= 11 is 0. The van der Waals surface area contributed by atoms with Crippen molar-refractivity contribution in [3.8, 4) is 0 Å². The summed E-state index contributed by atoms with van der Waals surface area (Å²) in [5.41, 5.74) is 2.07. The number of hydrogen-bond acceptors (Lipinski definition) is 4. The number of rotatable bonds is 4. The normalized spacial score (nSPS) is 19.9. The van der Waals surface area contributed by atoms with Gasteiger partial charge in [-0.15, -0.1) is 0 Å². The smallest absolute Gasteiger partial charge is 0.201 e. The van der Waals surface area contributed by atoms with Crippen LogP contribution in [0.3, 0.4) is 0 Å². The van der Waals surface area contributed by atoms with Gasteiger partial charge in [-0.1, -0.05) is 12.1 Å². The Balaban J connectivity index is 1.66. The summed E-state index contributed by atoms with van der Waals surface area (Å²) < 4.78 is 5.41. The van der Waals surface area contributed by atoms with E-state index in [1.54, 1.807) is 0 Å². The van der Waals surface area contributed by atoms with Gasteiger partial charge in [0.05, 0.1) is 24.2 Å². The molecule has 3 rings (SSSR count). The molecule has 1 aliphatic heterocycles. The predicted molar refractivity (Wildman–Crippen MR) is 81.0 cm³/mol. The number of imidazole rings is 1. The van der Waals surface area contributed by atoms with Crippen LogP contribution in [0.4, 0.5) is 5.95 Å². The number of nitrogens with one attached hydrogen (secondary N) is 2. The predicted octanol–water partition coefficient (Wildman–Crippen LogP) is 2.08. The van der Waals surface area contributed by atoms with Gasteiger partial charge in [-0.3, -0.25) is 4.90 Å². The van der Waals surface area contributed by atoms with E-state index >= 15 is 0 Å². The molecule has 2 unspecified atom stereocenters. The quantitative estimate of drug-likeness (QED) is 0.896. The average molecular weight is 274 g/mol. The molecule has 0 saturated carbocycles. The van der Waals surface area contributed by atoms with E-state index in [9.17, 15) is 0 Å². The lowest BCUT2D eigenvalue weighted by Crippen LogP contribution is -2.48. The number of hydrogen-bond donors (Lipinski definition) is 2. The van der Waals surface area contributed by atoms with Crippen molar-refractivity contribution in [2.75, 3.05) is 31.6 Å². The maximum atomic E-state index is 5.41. The molecular weight excluding hydrogens is 252 g/mol. The summed E-state index contributed by atoms with van der Waals surface area (Å²) in [4.78, 5) is 10.4. The minimum atomic E-state index is 0.327. The molecule has 0 radical (unpaired) electrons. The van der Waals surface area contributed by atoms with Crippen LogP contribution >= 0.6 is 0 Å². The van der Waals surface area contributed by atoms with Crippen LogP contribution in [0.5, 0.6) is 0 Å². The van der Waals surface area contributed by atoms with Crippen LogP contribution in [0.15, 0.2) is 24.3 Å². The van der Waals surface area contributed by atoms with Gasteiger partial charge in [-0.25, -0.2) is 4.98 Å². The third kappa shape index (κ3) is 2.78. The van der Waals surface area contributed by atoms with Crippen LogP contribution in [0, 0.1) is 0 Å². The topological polar surface area (TPSA) is 53.2 Å². The first-order valence-corrected chi connectivity index (χ1v) is 7.27. The van der Waals surface area contributed by atoms with Crippen molar-refractivity contribution in [3.63, 3.8) is 0 Å². The molecule has 108 valence electrons. The first kappa shape index (κ1) is 13.4. The summed E-state index contributed by atoms with van der Waals surface area (Å²) in [6, 6.07) is 8.87. The molecule has 0 aliphatic carbocycles. The van der Waals surface area contributed by atoms with Crippen molar-refractivity contribution in [3.05, 3.63) is 24.3 Å². The molecule has 2 atom stereocenters. The number of morpholine rings is 1. The fraction of sp³-hybridized carbons (Fsp3) is 0.533. The van der Waals surface area contributed by atoms with E-state index in [-0.39, 0.29) is 0 Å². The monoisotopic (exact) mass is 274 g/mol. The van der Waals surface area contributed by atoms with Gasteiger partial charge in [0, 0.05) is 25.2 Å². The van der Waals surface area contributed by atoms with Crippen molar-refractivity contribution in [1.82, 2.24) is 14.9 Å². The van der Waals surface area contributed by atoms with Crippen LogP contribution in [0.25, 0.3) is 11.0 Å². The van der Waals surface area contributed by atoms with Crippen molar-refractivity contribution >= 4 is 17.0 Å². The average Bonchev–Trinajstić information content (AvgIpc) is 2.89. The standard InChI is InChI=1S/C15H22N4O/c1-11(12(2)19-7-9-20-10-8-19)16-15-17-13-5-3-4-6-14(13)18-15/h3-6,11-12H,7-10H2,1-2H3,(H2,16,17,18). The Morgan fingerprint density at radius 3 is 2.75 bits per heavy atom. The molecule has 2 heterocycles. The lowest BCUT2D eigenvalue weighted by molar-refractivity contribution is 0.0175. The van der Waals surface area contributed by atoms with Gasteiger partial charge in [-0.05, 0) is 26.0 Å². The fourth-order valence-electron chi connectivity index (χ4n) is 2.66. The Morgan fingerprint density at radius 2 is 2.00 bits per heavy atom. The number of aromatic amines is 1. The van der Waals surface area contributed by atoms with Crippen molar-refractivity contribution in [2.24, 2.45) is 0 Å². The summed E-state index contributed by atoms with van der Waals surface area (Å²) in [6.07, 6.45) is 0. The SMILES string of the molecule is CC(Nc1nc2ccccc2[nH]1)C(C)N1CCOCC1. The number of nitrogens with zero attached hydrogens (tertiary/aromatic N) is 2. The van der Waals surface area contributed by atoms with Gasteiger partial charge in [0.25, 0.3) is 0 Å². The molecule has 1 aromatic carbocycles. The highest BCUT2D eigenvalue weighted by Gasteiger charge is 2.22. The first-order chi connectivity index (χ1) is 9.74. The Morgan fingerprint density at radius 1 is 1.25 bits per heavy atom. The largest absolute Gasteiger partial charge is 0.379 e. The maximum absolute atomic E-state index is 5.41.